The van der Waals surface area contributed by atoms with Gasteiger partial charge < -0.3 is 10.2 Å². The van der Waals surface area contributed by atoms with Crippen molar-refractivity contribution in [3.63, 3.8) is 0 Å². The molecular weight excluding hydrogens is 241 g/mol. The van der Waals surface area contributed by atoms with Gasteiger partial charge in [0.2, 0.25) is 0 Å². The second-order valence-electron chi connectivity index (χ2n) is 4.02. The molecular formula is C13H13ClFNO. The van der Waals surface area contributed by atoms with Gasteiger partial charge in [-0.25, -0.2) is 4.39 Å². The van der Waals surface area contributed by atoms with E-state index in [4.69, 9.17) is 21.8 Å². The van der Waals surface area contributed by atoms with E-state index in [0.717, 1.165) is 11.1 Å². The third-order valence-corrected chi connectivity index (χ3v) is 2.91. The summed E-state index contributed by atoms with van der Waals surface area (Å²) in [5, 5.41) is 0.325. The Morgan fingerprint density at radius 2 is 2.12 bits per heavy atom. The van der Waals surface area contributed by atoms with Gasteiger partial charge in [-0.05, 0) is 60.3 Å². The Morgan fingerprint density at radius 3 is 2.71 bits per heavy atom. The van der Waals surface area contributed by atoms with Crippen molar-refractivity contribution in [2.75, 3.05) is 0 Å². The van der Waals surface area contributed by atoms with Crippen molar-refractivity contribution in [3.8, 4) is 0 Å². The average Bonchev–Trinajstić information content (AvgIpc) is 2.69. The fourth-order valence-corrected chi connectivity index (χ4v) is 1.91. The lowest BCUT2D eigenvalue weighted by Crippen LogP contribution is -2.13. The minimum atomic E-state index is -0.272. The Morgan fingerprint density at radius 1 is 1.35 bits per heavy atom. The van der Waals surface area contributed by atoms with E-state index >= 15 is 0 Å². The standard InChI is InChI=1S/C13H13ClFNO/c1-8-6-10(15)3-2-9(8)7-11(16)12-4-5-13(14)17-12/h2-6,11H,7,16H2,1H3. The van der Waals surface area contributed by atoms with E-state index in [9.17, 15) is 4.39 Å². The van der Waals surface area contributed by atoms with Crippen molar-refractivity contribution in [1.29, 1.82) is 0 Å². The normalized spacial score (nSPS) is 12.7. The molecule has 0 saturated carbocycles. The molecule has 0 aliphatic heterocycles. The second-order valence-corrected chi connectivity index (χ2v) is 4.40. The number of benzene rings is 1. The fraction of sp³-hybridized carbons (Fsp3) is 0.231. The van der Waals surface area contributed by atoms with Gasteiger partial charge in [0.15, 0.2) is 5.22 Å². The van der Waals surface area contributed by atoms with Crippen LogP contribution in [-0.4, -0.2) is 0 Å². The van der Waals surface area contributed by atoms with Crippen molar-refractivity contribution in [1.82, 2.24) is 0 Å². The van der Waals surface area contributed by atoms with Crippen molar-refractivity contribution in [2.45, 2.75) is 19.4 Å². The molecule has 0 amide bonds. The van der Waals surface area contributed by atoms with E-state index in [-0.39, 0.29) is 11.9 Å². The van der Waals surface area contributed by atoms with Crippen LogP contribution in [0.25, 0.3) is 0 Å². The molecule has 90 valence electrons. The average molecular weight is 254 g/mol. The van der Waals surface area contributed by atoms with Gasteiger partial charge in [-0.1, -0.05) is 6.07 Å². The van der Waals surface area contributed by atoms with Gasteiger partial charge in [-0.15, -0.1) is 0 Å². The highest BCUT2D eigenvalue weighted by atomic mass is 35.5. The number of furan rings is 1. The molecule has 0 fully saturated rings. The molecule has 0 aliphatic rings. The molecule has 2 rings (SSSR count). The first-order valence-electron chi connectivity index (χ1n) is 5.32. The smallest absolute Gasteiger partial charge is 0.193 e. The van der Waals surface area contributed by atoms with Crippen LogP contribution in [0, 0.1) is 12.7 Å². The van der Waals surface area contributed by atoms with Crippen molar-refractivity contribution >= 4 is 11.6 Å². The Kier molecular flexibility index (Phi) is 3.50. The van der Waals surface area contributed by atoms with E-state index < -0.39 is 0 Å². The van der Waals surface area contributed by atoms with E-state index in [1.54, 1.807) is 18.2 Å². The molecule has 1 heterocycles. The van der Waals surface area contributed by atoms with Crippen molar-refractivity contribution in [2.24, 2.45) is 5.73 Å². The molecule has 0 aliphatic carbocycles. The third-order valence-electron chi connectivity index (χ3n) is 2.70. The maximum atomic E-state index is 12.9. The lowest BCUT2D eigenvalue weighted by Gasteiger charge is -2.11. The highest BCUT2D eigenvalue weighted by Gasteiger charge is 2.12. The minimum Gasteiger partial charge on any atom is -0.448 e. The van der Waals surface area contributed by atoms with E-state index in [2.05, 4.69) is 0 Å². The van der Waals surface area contributed by atoms with Gasteiger partial charge in [0, 0.05) is 0 Å². The number of rotatable bonds is 3. The number of nitrogens with two attached hydrogens (primary N) is 1. The largest absolute Gasteiger partial charge is 0.448 e. The number of aryl methyl sites for hydroxylation is 1. The van der Waals surface area contributed by atoms with E-state index in [1.165, 1.54) is 12.1 Å². The molecule has 0 spiro atoms. The maximum Gasteiger partial charge on any atom is 0.193 e. The van der Waals surface area contributed by atoms with Gasteiger partial charge in [-0.2, -0.15) is 0 Å². The predicted molar refractivity (Wildman–Crippen MR) is 65.5 cm³/mol. The van der Waals surface area contributed by atoms with Gasteiger partial charge >= 0.3 is 0 Å². The highest BCUT2D eigenvalue weighted by molar-refractivity contribution is 6.28. The second kappa shape index (κ2) is 4.90. The van der Waals surface area contributed by atoms with Crippen LogP contribution in [0.15, 0.2) is 34.7 Å². The third kappa shape index (κ3) is 2.87. The van der Waals surface area contributed by atoms with Crippen molar-refractivity contribution < 1.29 is 8.81 Å². The molecule has 2 N–H and O–H groups in total. The zero-order valence-corrected chi connectivity index (χ0v) is 10.2. The summed E-state index contributed by atoms with van der Waals surface area (Å²) < 4.78 is 18.2. The lowest BCUT2D eigenvalue weighted by molar-refractivity contribution is 0.465. The Balaban J connectivity index is 2.15. The molecule has 2 nitrogen and oxygen atoms in total. The van der Waals surface area contributed by atoms with Crippen molar-refractivity contribution in [3.05, 3.63) is 58.3 Å². The highest BCUT2D eigenvalue weighted by Crippen LogP contribution is 2.22. The monoisotopic (exact) mass is 253 g/mol. The van der Waals surface area contributed by atoms with E-state index in [1.807, 2.05) is 6.92 Å². The number of hydrogen-bond donors (Lipinski definition) is 1. The Hall–Kier alpha value is -1.32. The molecule has 1 aromatic heterocycles. The molecule has 1 unspecified atom stereocenters. The molecule has 17 heavy (non-hydrogen) atoms. The topological polar surface area (TPSA) is 39.2 Å². The van der Waals surface area contributed by atoms with Crippen LogP contribution in [0.2, 0.25) is 5.22 Å². The summed E-state index contributed by atoms with van der Waals surface area (Å²) in [4.78, 5) is 0. The lowest BCUT2D eigenvalue weighted by atomic mass is 10.0. The van der Waals surface area contributed by atoms with Crippen LogP contribution in [-0.2, 0) is 6.42 Å². The zero-order valence-electron chi connectivity index (χ0n) is 9.41. The summed E-state index contributed by atoms with van der Waals surface area (Å²) in [7, 11) is 0. The van der Waals surface area contributed by atoms with Crippen LogP contribution >= 0.6 is 11.6 Å². The quantitative estimate of drug-likeness (QED) is 0.907. The zero-order chi connectivity index (χ0) is 12.4. The van der Waals surface area contributed by atoms with Crippen LogP contribution in [0.5, 0.6) is 0 Å². The summed E-state index contributed by atoms with van der Waals surface area (Å²) in [6, 6.07) is 7.82. The van der Waals surface area contributed by atoms with Crippen LogP contribution in [0.4, 0.5) is 4.39 Å². The molecule has 2 aromatic rings. The van der Waals surface area contributed by atoms with Gasteiger partial charge in [0.25, 0.3) is 0 Å². The van der Waals surface area contributed by atoms with Crippen LogP contribution in [0.3, 0.4) is 0 Å². The van der Waals surface area contributed by atoms with Gasteiger partial charge in [0.05, 0.1) is 6.04 Å². The number of hydrogen-bond acceptors (Lipinski definition) is 2. The molecule has 4 heteroatoms. The molecule has 0 bridgehead atoms. The maximum absolute atomic E-state index is 12.9. The summed E-state index contributed by atoms with van der Waals surface area (Å²) in [5.41, 5.74) is 7.89. The first kappa shape index (κ1) is 12.1. The SMILES string of the molecule is Cc1cc(F)ccc1CC(N)c1ccc(Cl)o1. The van der Waals surface area contributed by atoms with Gasteiger partial charge in [0.1, 0.15) is 11.6 Å². The molecule has 1 aromatic carbocycles. The summed E-state index contributed by atoms with van der Waals surface area (Å²) in [5.74, 6) is 0.402. The van der Waals surface area contributed by atoms with Crippen LogP contribution < -0.4 is 5.73 Å². The minimum absolute atomic E-state index is 0.235. The first-order chi connectivity index (χ1) is 8.06. The Bertz CT molecular complexity index is 524. The summed E-state index contributed by atoms with van der Waals surface area (Å²) in [6.45, 7) is 1.86. The summed E-state index contributed by atoms with van der Waals surface area (Å²) >= 11 is 5.69. The number of halogens is 2. The predicted octanol–water partition coefficient (Wildman–Crippen LogP) is 3.62. The Labute approximate surface area is 104 Å². The summed E-state index contributed by atoms with van der Waals surface area (Å²) in [6.07, 6.45) is 0.593. The first-order valence-corrected chi connectivity index (χ1v) is 5.70. The molecule has 0 radical (unpaired) electrons. The fourth-order valence-electron chi connectivity index (χ4n) is 1.75. The molecule has 1 atom stereocenters. The van der Waals surface area contributed by atoms with Crippen LogP contribution in [0.1, 0.15) is 22.9 Å². The van der Waals surface area contributed by atoms with E-state index in [0.29, 0.717) is 17.4 Å². The molecule has 0 saturated heterocycles. The van der Waals surface area contributed by atoms with Gasteiger partial charge in [-0.3, -0.25) is 0 Å².